The molecule has 0 N–H and O–H groups in total. The van der Waals surface area contributed by atoms with Crippen LogP contribution in [0.15, 0.2) is 88.1 Å². The van der Waals surface area contributed by atoms with Gasteiger partial charge in [0.15, 0.2) is 6.10 Å². The summed E-state index contributed by atoms with van der Waals surface area (Å²) in [6, 6.07) is 22.7. The van der Waals surface area contributed by atoms with Gasteiger partial charge in [-0.05, 0) is 61.4 Å². The van der Waals surface area contributed by atoms with Crippen LogP contribution in [0.4, 0.5) is 5.69 Å². The van der Waals surface area contributed by atoms with Gasteiger partial charge in [0.1, 0.15) is 17.9 Å². The number of fused-ring (bicyclic) bond motifs is 1. The maximum absolute atomic E-state index is 12.6. The normalized spacial score (nSPS) is 11.6. The number of hydrogen-bond donors (Lipinski definition) is 0. The second-order valence-corrected chi connectivity index (χ2v) is 8.17. The second-order valence-electron chi connectivity index (χ2n) is 8.17. The van der Waals surface area contributed by atoms with Gasteiger partial charge in [-0.25, -0.2) is 9.59 Å². The minimum Gasteiger partial charge on any atom is -0.489 e. The lowest BCUT2D eigenvalue weighted by atomic mass is 10.1. The van der Waals surface area contributed by atoms with E-state index in [0.717, 1.165) is 16.5 Å². The van der Waals surface area contributed by atoms with Crippen LogP contribution >= 0.6 is 0 Å². The molecule has 0 saturated carbocycles. The summed E-state index contributed by atoms with van der Waals surface area (Å²) < 4.78 is 16.4. The summed E-state index contributed by atoms with van der Waals surface area (Å²) in [5.74, 6) is -0.347. The SMILES string of the molecule is Cc1cc(=O)oc2cc(OCc3ccc(C(=O)OC(C)C(=O)N(C)c4ccccc4)cc3)ccc12. The zero-order valence-electron chi connectivity index (χ0n) is 19.7. The van der Waals surface area contributed by atoms with Gasteiger partial charge in [-0.2, -0.15) is 0 Å². The van der Waals surface area contributed by atoms with Crippen LogP contribution in [0.25, 0.3) is 11.0 Å². The maximum Gasteiger partial charge on any atom is 0.338 e. The molecule has 0 fully saturated rings. The topological polar surface area (TPSA) is 86.0 Å². The van der Waals surface area contributed by atoms with Crippen LogP contribution < -0.4 is 15.3 Å². The lowest BCUT2D eigenvalue weighted by molar-refractivity contribution is -0.126. The van der Waals surface area contributed by atoms with Gasteiger partial charge in [0.2, 0.25) is 0 Å². The van der Waals surface area contributed by atoms with E-state index in [-0.39, 0.29) is 12.5 Å². The first-order chi connectivity index (χ1) is 16.8. The fraction of sp³-hybridized carbons (Fsp3) is 0.179. The van der Waals surface area contributed by atoms with E-state index in [4.69, 9.17) is 13.9 Å². The van der Waals surface area contributed by atoms with Crippen LogP contribution in [-0.2, 0) is 16.1 Å². The third-order valence-electron chi connectivity index (χ3n) is 5.62. The van der Waals surface area contributed by atoms with Gasteiger partial charge < -0.3 is 18.8 Å². The van der Waals surface area contributed by atoms with E-state index in [0.29, 0.717) is 22.6 Å². The average Bonchev–Trinajstić information content (AvgIpc) is 2.87. The zero-order valence-corrected chi connectivity index (χ0v) is 19.7. The van der Waals surface area contributed by atoms with Crippen molar-refractivity contribution < 1.29 is 23.5 Å². The first-order valence-electron chi connectivity index (χ1n) is 11.1. The highest BCUT2D eigenvalue weighted by molar-refractivity contribution is 5.98. The Bertz CT molecular complexity index is 1410. The molecule has 4 aromatic rings. The fourth-order valence-electron chi connectivity index (χ4n) is 3.63. The van der Waals surface area contributed by atoms with Crippen molar-refractivity contribution in [1.82, 2.24) is 0 Å². The van der Waals surface area contributed by atoms with Gasteiger partial charge in [0.05, 0.1) is 5.56 Å². The number of rotatable bonds is 7. The summed E-state index contributed by atoms with van der Waals surface area (Å²) in [6.45, 7) is 3.66. The molecule has 0 aliphatic carbocycles. The summed E-state index contributed by atoms with van der Waals surface area (Å²) in [6.07, 6.45) is -0.938. The van der Waals surface area contributed by atoms with Crippen LogP contribution in [-0.4, -0.2) is 25.0 Å². The number of hydrogen-bond acceptors (Lipinski definition) is 6. The molecule has 1 heterocycles. The molecule has 0 radical (unpaired) electrons. The smallest absolute Gasteiger partial charge is 0.338 e. The van der Waals surface area contributed by atoms with E-state index in [1.54, 1.807) is 44.3 Å². The second kappa shape index (κ2) is 10.3. The number of para-hydroxylation sites is 1. The predicted octanol–water partition coefficient (Wildman–Crippen LogP) is 4.89. The molecule has 0 bridgehead atoms. The van der Waals surface area contributed by atoms with E-state index in [9.17, 15) is 14.4 Å². The highest BCUT2D eigenvalue weighted by Gasteiger charge is 2.23. The molecule has 7 heteroatoms. The molecule has 1 aromatic heterocycles. The lowest BCUT2D eigenvalue weighted by Crippen LogP contribution is -2.37. The molecule has 0 aliphatic rings. The highest BCUT2D eigenvalue weighted by Crippen LogP contribution is 2.23. The fourth-order valence-corrected chi connectivity index (χ4v) is 3.63. The quantitative estimate of drug-likeness (QED) is 0.282. The minimum absolute atomic E-state index is 0.258. The number of carbonyl (C=O) groups excluding carboxylic acids is 2. The van der Waals surface area contributed by atoms with Crippen molar-refractivity contribution in [2.24, 2.45) is 0 Å². The molecule has 0 saturated heterocycles. The van der Waals surface area contributed by atoms with Crippen molar-refractivity contribution >= 4 is 28.5 Å². The first-order valence-corrected chi connectivity index (χ1v) is 11.1. The van der Waals surface area contributed by atoms with E-state index in [2.05, 4.69) is 0 Å². The van der Waals surface area contributed by atoms with E-state index in [1.165, 1.54) is 11.0 Å². The van der Waals surface area contributed by atoms with Crippen molar-refractivity contribution in [3.8, 4) is 5.75 Å². The number of likely N-dealkylation sites (N-methyl/N-ethyl adjacent to an activating group) is 1. The minimum atomic E-state index is -0.938. The van der Waals surface area contributed by atoms with Crippen molar-refractivity contribution in [3.63, 3.8) is 0 Å². The molecule has 0 aliphatic heterocycles. The van der Waals surface area contributed by atoms with Crippen LogP contribution in [0.5, 0.6) is 5.75 Å². The van der Waals surface area contributed by atoms with Gasteiger partial charge in [0.25, 0.3) is 5.91 Å². The molecule has 1 atom stereocenters. The van der Waals surface area contributed by atoms with Gasteiger partial charge >= 0.3 is 11.6 Å². The largest absolute Gasteiger partial charge is 0.489 e. The van der Waals surface area contributed by atoms with Crippen molar-refractivity contribution in [1.29, 1.82) is 0 Å². The molecule has 35 heavy (non-hydrogen) atoms. The Morgan fingerprint density at radius 2 is 1.69 bits per heavy atom. The molecular weight excluding hydrogens is 446 g/mol. The van der Waals surface area contributed by atoms with Crippen molar-refractivity contribution in [2.45, 2.75) is 26.6 Å². The number of aryl methyl sites for hydroxylation is 1. The molecular formula is C28H25NO6. The standard InChI is InChI=1S/C28H25NO6/c1-18-15-26(30)35-25-16-23(13-14-24(18)25)33-17-20-9-11-21(12-10-20)28(32)34-19(2)27(31)29(3)22-7-5-4-6-8-22/h4-16,19H,17H2,1-3H3. The number of carbonyl (C=O) groups is 2. The summed E-state index contributed by atoms with van der Waals surface area (Å²) >= 11 is 0. The Morgan fingerprint density at radius 1 is 0.971 bits per heavy atom. The molecule has 3 aromatic carbocycles. The predicted molar refractivity (Wildman–Crippen MR) is 133 cm³/mol. The number of ether oxygens (including phenoxy) is 2. The summed E-state index contributed by atoms with van der Waals surface area (Å²) in [7, 11) is 1.64. The van der Waals surface area contributed by atoms with Crippen LogP contribution in [0, 0.1) is 6.92 Å². The van der Waals surface area contributed by atoms with Crippen molar-refractivity contribution in [2.75, 3.05) is 11.9 Å². The molecule has 1 amide bonds. The Morgan fingerprint density at radius 3 is 2.40 bits per heavy atom. The molecule has 178 valence electrons. The molecule has 4 rings (SSSR count). The van der Waals surface area contributed by atoms with Crippen LogP contribution in [0.2, 0.25) is 0 Å². The maximum atomic E-state index is 12.6. The summed E-state index contributed by atoms with van der Waals surface area (Å²) in [5, 5.41) is 0.850. The number of nitrogens with zero attached hydrogens (tertiary/aromatic N) is 1. The van der Waals surface area contributed by atoms with Gasteiger partial charge in [-0.15, -0.1) is 0 Å². The van der Waals surface area contributed by atoms with Crippen molar-refractivity contribution in [3.05, 3.63) is 106 Å². The Hall–Kier alpha value is -4.39. The third kappa shape index (κ3) is 5.58. The lowest BCUT2D eigenvalue weighted by Gasteiger charge is -2.21. The van der Waals surface area contributed by atoms with Crippen LogP contribution in [0.1, 0.15) is 28.4 Å². The Labute approximate surface area is 202 Å². The van der Waals surface area contributed by atoms with E-state index in [1.807, 2.05) is 49.4 Å². The van der Waals surface area contributed by atoms with E-state index < -0.39 is 17.7 Å². The third-order valence-corrected chi connectivity index (χ3v) is 5.62. The van der Waals surface area contributed by atoms with Gasteiger partial charge in [0, 0.05) is 30.3 Å². The number of esters is 1. The first kappa shape index (κ1) is 23.8. The molecule has 0 spiro atoms. The monoisotopic (exact) mass is 471 g/mol. The Balaban J connectivity index is 1.35. The average molecular weight is 472 g/mol. The molecule has 7 nitrogen and oxygen atoms in total. The van der Waals surface area contributed by atoms with Crippen LogP contribution in [0.3, 0.4) is 0 Å². The van der Waals surface area contributed by atoms with Gasteiger partial charge in [-0.3, -0.25) is 4.79 Å². The summed E-state index contributed by atoms with van der Waals surface area (Å²) in [5.41, 5.74) is 2.78. The zero-order chi connectivity index (χ0) is 24.9. The summed E-state index contributed by atoms with van der Waals surface area (Å²) in [4.78, 5) is 38.2. The van der Waals surface area contributed by atoms with Gasteiger partial charge in [-0.1, -0.05) is 30.3 Å². The molecule has 1 unspecified atom stereocenters. The Kier molecular flexibility index (Phi) is 6.96. The highest BCUT2D eigenvalue weighted by atomic mass is 16.5. The number of anilines is 1. The van der Waals surface area contributed by atoms with E-state index >= 15 is 0 Å². The number of benzene rings is 3. The number of amides is 1.